The number of carbonyl (C=O) groups excluding carboxylic acids is 2. The lowest BCUT2D eigenvalue weighted by Gasteiger charge is -2.35. The molecule has 0 bridgehead atoms. The molecule has 1 aliphatic rings. The minimum atomic E-state index is -3.62. The summed E-state index contributed by atoms with van der Waals surface area (Å²) in [6.45, 7) is 7.10. The Kier molecular flexibility index (Phi) is 7.90. The summed E-state index contributed by atoms with van der Waals surface area (Å²) in [5, 5.41) is 8.42. The van der Waals surface area contributed by atoms with Gasteiger partial charge in [-0.25, -0.2) is 18.1 Å². The van der Waals surface area contributed by atoms with Crippen molar-refractivity contribution in [2.24, 2.45) is 5.10 Å². The average Bonchev–Trinajstić information content (AvgIpc) is 3.06. The highest BCUT2D eigenvalue weighted by molar-refractivity contribution is 8.16. The van der Waals surface area contributed by atoms with Gasteiger partial charge in [0.1, 0.15) is 0 Å². The van der Waals surface area contributed by atoms with Crippen molar-refractivity contribution in [3.05, 3.63) is 35.9 Å². The van der Waals surface area contributed by atoms with Gasteiger partial charge in [-0.15, -0.1) is 0 Å². The van der Waals surface area contributed by atoms with Gasteiger partial charge in [-0.3, -0.25) is 9.59 Å². The van der Waals surface area contributed by atoms with Crippen LogP contribution in [0, 0.1) is 0 Å². The smallest absolute Gasteiger partial charge is 0.278 e. The molecule has 172 valence electrons. The first-order valence-corrected chi connectivity index (χ1v) is 12.3. The van der Waals surface area contributed by atoms with E-state index in [0.717, 1.165) is 11.8 Å². The molecule has 1 aromatic rings. The van der Waals surface area contributed by atoms with E-state index >= 15 is 0 Å². The molecule has 0 fully saturated rings. The molecule has 1 aliphatic heterocycles. The van der Waals surface area contributed by atoms with Crippen LogP contribution in [-0.2, 0) is 24.5 Å². The molecule has 9 nitrogen and oxygen atoms in total. The fraction of sp³-hybridized carbons (Fsp3) is 0.550. The van der Waals surface area contributed by atoms with Gasteiger partial charge in [0.2, 0.25) is 15.9 Å². The normalized spacial score (nSPS) is 19.5. The van der Waals surface area contributed by atoms with Crippen LogP contribution in [0.25, 0.3) is 0 Å². The maximum atomic E-state index is 12.8. The molecule has 2 N–H and O–H groups in total. The van der Waals surface area contributed by atoms with Crippen molar-refractivity contribution in [3.63, 3.8) is 0 Å². The van der Waals surface area contributed by atoms with Crippen LogP contribution in [-0.4, -0.2) is 73.7 Å². The topological polar surface area (TPSA) is 111 Å². The first-order chi connectivity index (χ1) is 14.3. The second-order valence-electron chi connectivity index (χ2n) is 8.64. The lowest BCUT2D eigenvalue weighted by molar-refractivity contribution is -0.132. The molecule has 11 heteroatoms. The fourth-order valence-electron chi connectivity index (χ4n) is 2.88. The van der Waals surface area contributed by atoms with Crippen molar-refractivity contribution in [1.82, 2.24) is 19.9 Å². The molecule has 0 aromatic heterocycles. The summed E-state index contributed by atoms with van der Waals surface area (Å²) in [6.07, 6.45) is 0. The third-order valence-electron chi connectivity index (χ3n) is 4.34. The second-order valence-corrected chi connectivity index (χ2v) is 11.8. The van der Waals surface area contributed by atoms with E-state index in [4.69, 9.17) is 0 Å². The Bertz CT molecular complexity index is 942. The van der Waals surface area contributed by atoms with Gasteiger partial charge in [0.25, 0.3) is 5.91 Å². The van der Waals surface area contributed by atoms with Crippen molar-refractivity contribution in [1.29, 1.82) is 0 Å². The summed E-state index contributed by atoms with van der Waals surface area (Å²) in [5.41, 5.74) is 0.167. The second kappa shape index (κ2) is 9.68. The third-order valence-corrected chi connectivity index (χ3v) is 7.00. The Morgan fingerprint density at radius 1 is 1.19 bits per heavy atom. The lowest BCUT2D eigenvalue weighted by atomic mass is 10.1. The molecule has 1 unspecified atom stereocenters. The Morgan fingerprint density at radius 2 is 1.81 bits per heavy atom. The van der Waals surface area contributed by atoms with Crippen LogP contribution in [0.5, 0.6) is 0 Å². The van der Waals surface area contributed by atoms with Crippen molar-refractivity contribution >= 4 is 38.6 Å². The number of hydrogen-bond acceptors (Lipinski definition) is 7. The first-order valence-electron chi connectivity index (χ1n) is 9.84. The van der Waals surface area contributed by atoms with Crippen molar-refractivity contribution in [3.8, 4) is 0 Å². The van der Waals surface area contributed by atoms with Crippen molar-refractivity contribution in [2.75, 3.05) is 32.9 Å². The zero-order chi connectivity index (χ0) is 23.4. The summed E-state index contributed by atoms with van der Waals surface area (Å²) in [6, 6.07) is 8.99. The number of amides is 2. The van der Waals surface area contributed by atoms with E-state index in [1.807, 2.05) is 26.8 Å². The number of benzene rings is 1. The fourth-order valence-corrected chi connectivity index (χ4v) is 5.39. The summed E-state index contributed by atoms with van der Waals surface area (Å²) in [4.78, 5) is 25.9. The zero-order valence-electron chi connectivity index (χ0n) is 18.8. The molecule has 0 radical (unpaired) electrons. The van der Waals surface area contributed by atoms with Crippen molar-refractivity contribution in [2.45, 2.75) is 38.1 Å². The molecule has 1 atom stereocenters. The lowest BCUT2D eigenvalue weighted by Crippen LogP contribution is -2.49. The van der Waals surface area contributed by atoms with Gasteiger partial charge in [0.05, 0.1) is 12.3 Å². The number of sulfonamides is 1. The SMILES string of the molecule is CC(=O)N1N=C(C(=O)NC(C)(C)C)SC1(CNS(=O)(=O)CCN(C)C)c1ccccc1. The molecule has 1 heterocycles. The highest BCUT2D eigenvalue weighted by Crippen LogP contribution is 2.45. The maximum Gasteiger partial charge on any atom is 0.278 e. The van der Waals surface area contributed by atoms with E-state index in [1.54, 1.807) is 43.3 Å². The number of nitrogens with zero attached hydrogens (tertiary/aromatic N) is 3. The van der Waals surface area contributed by atoms with Crippen LogP contribution in [0.1, 0.15) is 33.3 Å². The van der Waals surface area contributed by atoms with Gasteiger partial charge >= 0.3 is 0 Å². The van der Waals surface area contributed by atoms with Crippen LogP contribution >= 0.6 is 11.8 Å². The summed E-state index contributed by atoms with van der Waals surface area (Å²) >= 11 is 1.07. The van der Waals surface area contributed by atoms with Crippen LogP contribution in [0.4, 0.5) is 0 Å². The Morgan fingerprint density at radius 3 is 2.32 bits per heavy atom. The summed E-state index contributed by atoms with van der Waals surface area (Å²) in [5.74, 6) is -0.909. The molecular formula is C20H31N5O4S2. The van der Waals surface area contributed by atoms with E-state index in [1.165, 1.54) is 11.9 Å². The molecule has 0 saturated carbocycles. The standard InChI is InChI=1S/C20H31N5O4S2/c1-15(26)25-20(16-10-8-7-9-11-16,14-21-31(28,29)13-12-24(5)6)30-18(23-25)17(27)22-19(2,3)4/h7-11,21H,12-14H2,1-6H3,(H,22,27). The molecular weight excluding hydrogens is 438 g/mol. The molecule has 1 aromatic carbocycles. The average molecular weight is 470 g/mol. The van der Waals surface area contributed by atoms with Crippen LogP contribution < -0.4 is 10.0 Å². The van der Waals surface area contributed by atoms with E-state index in [2.05, 4.69) is 15.1 Å². The number of carbonyl (C=O) groups is 2. The van der Waals surface area contributed by atoms with Gasteiger partial charge in [0.15, 0.2) is 9.91 Å². The number of rotatable bonds is 8. The van der Waals surface area contributed by atoms with Crippen molar-refractivity contribution < 1.29 is 18.0 Å². The molecule has 0 saturated heterocycles. The zero-order valence-corrected chi connectivity index (χ0v) is 20.4. The molecule has 0 spiro atoms. The van der Waals surface area contributed by atoms with E-state index in [9.17, 15) is 18.0 Å². The maximum absolute atomic E-state index is 12.8. The Labute approximate surface area is 188 Å². The van der Waals surface area contributed by atoms with Crippen LogP contribution in [0.3, 0.4) is 0 Å². The van der Waals surface area contributed by atoms with Gasteiger partial charge in [-0.2, -0.15) is 5.10 Å². The quantitative estimate of drug-likeness (QED) is 0.591. The van der Waals surface area contributed by atoms with Crippen LogP contribution in [0.15, 0.2) is 35.4 Å². The van der Waals surface area contributed by atoms with Crippen LogP contribution in [0.2, 0.25) is 0 Å². The van der Waals surface area contributed by atoms with Gasteiger partial charge in [-0.1, -0.05) is 42.1 Å². The highest BCUT2D eigenvalue weighted by Gasteiger charge is 2.49. The molecule has 31 heavy (non-hydrogen) atoms. The van der Waals surface area contributed by atoms with E-state index in [0.29, 0.717) is 12.1 Å². The Hall–Kier alpha value is -1.95. The minimum Gasteiger partial charge on any atom is -0.346 e. The Balaban J connectivity index is 2.41. The number of nitrogens with one attached hydrogen (secondary N) is 2. The minimum absolute atomic E-state index is 0.0895. The van der Waals surface area contributed by atoms with Gasteiger partial charge < -0.3 is 10.2 Å². The number of hydrogen-bond donors (Lipinski definition) is 2. The molecule has 2 amide bonds. The molecule has 2 rings (SSSR count). The highest BCUT2D eigenvalue weighted by atomic mass is 32.2. The number of thioether (sulfide) groups is 1. The summed E-state index contributed by atoms with van der Waals surface area (Å²) < 4.78 is 27.8. The monoisotopic (exact) mass is 469 g/mol. The largest absolute Gasteiger partial charge is 0.346 e. The predicted molar refractivity (Wildman–Crippen MR) is 124 cm³/mol. The van der Waals surface area contributed by atoms with E-state index in [-0.39, 0.29) is 17.3 Å². The number of hydrazone groups is 1. The van der Waals surface area contributed by atoms with E-state index < -0.39 is 32.2 Å². The first kappa shape index (κ1) is 25.3. The van der Waals surface area contributed by atoms with Gasteiger partial charge in [0, 0.05) is 19.0 Å². The summed E-state index contributed by atoms with van der Waals surface area (Å²) in [7, 11) is -0.0385. The van der Waals surface area contributed by atoms with Gasteiger partial charge in [-0.05, 0) is 40.4 Å². The predicted octanol–water partition coefficient (Wildman–Crippen LogP) is 1.14. The molecule has 0 aliphatic carbocycles. The third kappa shape index (κ3) is 6.76.